The molecule has 1 aromatic rings. The number of nitrogens with one attached hydrogen (secondary N) is 1. The van der Waals surface area contributed by atoms with Gasteiger partial charge < -0.3 is 5.32 Å². The van der Waals surface area contributed by atoms with E-state index in [0.717, 1.165) is 11.1 Å². The maximum atomic E-state index is 13.3. The second-order valence-electron chi connectivity index (χ2n) is 3.29. The number of aryl methyl sites for hydroxylation is 1. The molecule has 0 saturated heterocycles. The van der Waals surface area contributed by atoms with Crippen LogP contribution in [0.25, 0.3) is 0 Å². The van der Waals surface area contributed by atoms with E-state index < -0.39 is 0 Å². The highest BCUT2D eigenvalue weighted by atomic mass is 35.5. The average Bonchev–Trinajstić information content (AvgIpc) is 2.16. The van der Waals surface area contributed by atoms with E-state index in [1.54, 1.807) is 6.07 Å². The van der Waals surface area contributed by atoms with Gasteiger partial charge in [0.05, 0.1) is 5.69 Å². The third-order valence-electron chi connectivity index (χ3n) is 1.87. The molecule has 0 heterocycles. The summed E-state index contributed by atoms with van der Waals surface area (Å²) in [6.07, 6.45) is 0. The molecule has 1 nitrogen and oxygen atoms in total. The second kappa shape index (κ2) is 5.01. The summed E-state index contributed by atoms with van der Waals surface area (Å²) in [5.41, 5.74) is 3.87. The molecule has 76 valence electrons. The molecule has 0 spiro atoms. The molecule has 0 aliphatic carbocycles. The Morgan fingerprint density at radius 1 is 1.57 bits per heavy atom. The molecule has 1 N–H and O–H groups in total. The van der Waals surface area contributed by atoms with Crippen LogP contribution in [-0.2, 0) is 0 Å². The molecule has 0 amide bonds. The van der Waals surface area contributed by atoms with Crippen molar-refractivity contribution in [2.45, 2.75) is 13.8 Å². The van der Waals surface area contributed by atoms with Crippen molar-refractivity contribution in [1.82, 2.24) is 0 Å². The smallest absolute Gasteiger partial charge is 0.146 e. The van der Waals surface area contributed by atoms with Crippen molar-refractivity contribution in [1.29, 1.82) is 0 Å². The van der Waals surface area contributed by atoms with Gasteiger partial charge in [0, 0.05) is 12.1 Å². The SMILES string of the molecule is C/C(=C/Cl)CNc1ccc(C)cc1F. The molecular formula is C11H13ClFN. The summed E-state index contributed by atoms with van der Waals surface area (Å²) in [6, 6.07) is 5.10. The minimum absolute atomic E-state index is 0.229. The molecular weight excluding hydrogens is 201 g/mol. The lowest BCUT2D eigenvalue weighted by molar-refractivity contribution is 0.629. The lowest BCUT2D eigenvalue weighted by Gasteiger charge is -2.07. The Bertz CT molecular complexity index is 347. The largest absolute Gasteiger partial charge is 0.379 e. The summed E-state index contributed by atoms with van der Waals surface area (Å²) in [6.45, 7) is 4.30. The molecule has 0 unspecified atom stereocenters. The molecule has 0 saturated carbocycles. The van der Waals surface area contributed by atoms with Crippen LogP contribution in [0.2, 0.25) is 0 Å². The van der Waals surface area contributed by atoms with Gasteiger partial charge in [-0.2, -0.15) is 0 Å². The van der Waals surface area contributed by atoms with Crippen LogP contribution in [0.15, 0.2) is 29.3 Å². The summed E-state index contributed by atoms with van der Waals surface area (Å²) in [4.78, 5) is 0. The fraction of sp³-hybridized carbons (Fsp3) is 0.273. The molecule has 0 aliphatic heterocycles. The van der Waals surface area contributed by atoms with Crippen LogP contribution in [0.5, 0.6) is 0 Å². The lowest BCUT2D eigenvalue weighted by Crippen LogP contribution is -2.04. The minimum atomic E-state index is -0.229. The lowest BCUT2D eigenvalue weighted by atomic mass is 10.2. The summed E-state index contributed by atoms with van der Waals surface area (Å²) in [7, 11) is 0. The zero-order valence-corrected chi connectivity index (χ0v) is 9.03. The quantitative estimate of drug-likeness (QED) is 0.808. The van der Waals surface area contributed by atoms with Crippen molar-refractivity contribution in [3.63, 3.8) is 0 Å². The topological polar surface area (TPSA) is 12.0 Å². The molecule has 14 heavy (non-hydrogen) atoms. The Labute approximate surface area is 88.6 Å². The van der Waals surface area contributed by atoms with Gasteiger partial charge in [-0.3, -0.25) is 0 Å². The highest BCUT2D eigenvalue weighted by Gasteiger charge is 2.00. The average molecular weight is 214 g/mol. The maximum absolute atomic E-state index is 13.3. The van der Waals surface area contributed by atoms with E-state index in [4.69, 9.17) is 11.6 Å². The summed E-state index contributed by atoms with van der Waals surface area (Å²) < 4.78 is 13.3. The zero-order valence-electron chi connectivity index (χ0n) is 8.27. The third-order valence-corrected chi connectivity index (χ3v) is 2.24. The predicted molar refractivity (Wildman–Crippen MR) is 59.2 cm³/mol. The molecule has 0 aliphatic rings. The van der Waals surface area contributed by atoms with Gasteiger partial charge in [-0.1, -0.05) is 17.7 Å². The van der Waals surface area contributed by atoms with Gasteiger partial charge in [0.15, 0.2) is 0 Å². The maximum Gasteiger partial charge on any atom is 0.146 e. The minimum Gasteiger partial charge on any atom is -0.379 e. The van der Waals surface area contributed by atoms with Crippen molar-refractivity contribution >= 4 is 17.3 Å². The van der Waals surface area contributed by atoms with Gasteiger partial charge in [0.2, 0.25) is 0 Å². The van der Waals surface area contributed by atoms with Crippen molar-refractivity contribution in [2.75, 3.05) is 11.9 Å². The molecule has 0 aromatic heterocycles. The van der Waals surface area contributed by atoms with E-state index in [0.29, 0.717) is 12.2 Å². The fourth-order valence-corrected chi connectivity index (χ4v) is 1.11. The molecule has 0 radical (unpaired) electrons. The van der Waals surface area contributed by atoms with Crippen LogP contribution in [0.1, 0.15) is 12.5 Å². The van der Waals surface area contributed by atoms with Gasteiger partial charge in [-0.25, -0.2) is 4.39 Å². The van der Waals surface area contributed by atoms with E-state index in [1.807, 2.05) is 19.9 Å². The van der Waals surface area contributed by atoms with Crippen LogP contribution in [0.4, 0.5) is 10.1 Å². The molecule has 0 bridgehead atoms. The summed E-state index contributed by atoms with van der Waals surface area (Å²) >= 11 is 5.49. The van der Waals surface area contributed by atoms with E-state index in [-0.39, 0.29) is 5.82 Å². The van der Waals surface area contributed by atoms with E-state index >= 15 is 0 Å². The first-order valence-electron chi connectivity index (χ1n) is 4.39. The zero-order chi connectivity index (χ0) is 10.6. The van der Waals surface area contributed by atoms with Crippen LogP contribution in [-0.4, -0.2) is 6.54 Å². The monoisotopic (exact) mass is 213 g/mol. The van der Waals surface area contributed by atoms with Crippen molar-refractivity contribution in [3.05, 3.63) is 40.7 Å². The molecule has 1 rings (SSSR count). The van der Waals surface area contributed by atoms with Crippen LogP contribution in [0.3, 0.4) is 0 Å². The highest BCUT2D eigenvalue weighted by Crippen LogP contribution is 2.15. The number of rotatable bonds is 3. The third kappa shape index (κ3) is 3.04. The first-order valence-corrected chi connectivity index (χ1v) is 4.83. The Balaban J connectivity index is 2.68. The Hall–Kier alpha value is -1.02. The number of hydrogen-bond acceptors (Lipinski definition) is 1. The first-order chi connectivity index (χ1) is 6.63. The standard InChI is InChI=1S/C11H13ClFN/c1-8-3-4-11(10(13)5-8)14-7-9(2)6-12/h3-6,14H,7H2,1-2H3/b9-6-. The molecule has 0 fully saturated rings. The molecule has 0 atom stereocenters. The van der Waals surface area contributed by atoms with Gasteiger partial charge in [0.25, 0.3) is 0 Å². The Kier molecular flexibility index (Phi) is 3.96. The first kappa shape index (κ1) is 11.1. The summed E-state index contributed by atoms with van der Waals surface area (Å²) in [5.74, 6) is -0.229. The van der Waals surface area contributed by atoms with Crippen molar-refractivity contribution < 1.29 is 4.39 Å². The van der Waals surface area contributed by atoms with Crippen LogP contribution in [0, 0.1) is 12.7 Å². The van der Waals surface area contributed by atoms with Gasteiger partial charge in [-0.15, -0.1) is 0 Å². The number of hydrogen-bond donors (Lipinski definition) is 1. The number of benzene rings is 1. The van der Waals surface area contributed by atoms with Crippen molar-refractivity contribution in [3.8, 4) is 0 Å². The summed E-state index contributed by atoms with van der Waals surface area (Å²) in [5, 5.41) is 2.96. The van der Waals surface area contributed by atoms with Crippen molar-refractivity contribution in [2.24, 2.45) is 0 Å². The normalized spacial score (nSPS) is 11.6. The molecule has 1 aromatic carbocycles. The van der Waals surface area contributed by atoms with E-state index in [2.05, 4.69) is 5.32 Å². The van der Waals surface area contributed by atoms with Gasteiger partial charge in [0.1, 0.15) is 5.82 Å². The van der Waals surface area contributed by atoms with Gasteiger partial charge in [-0.05, 0) is 37.1 Å². The predicted octanol–water partition coefficient (Wildman–Crippen LogP) is 3.69. The van der Waals surface area contributed by atoms with E-state index in [9.17, 15) is 4.39 Å². The highest BCUT2D eigenvalue weighted by molar-refractivity contribution is 6.25. The second-order valence-corrected chi connectivity index (χ2v) is 3.51. The van der Waals surface area contributed by atoms with E-state index in [1.165, 1.54) is 11.6 Å². The van der Waals surface area contributed by atoms with Crippen LogP contribution < -0.4 is 5.32 Å². The van der Waals surface area contributed by atoms with Gasteiger partial charge >= 0.3 is 0 Å². The van der Waals surface area contributed by atoms with Crippen LogP contribution >= 0.6 is 11.6 Å². The molecule has 3 heteroatoms. The Morgan fingerprint density at radius 2 is 2.29 bits per heavy atom. The number of halogens is 2. The Morgan fingerprint density at radius 3 is 2.86 bits per heavy atom. The number of anilines is 1. The fourth-order valence-electron chi connectivity index (χ4n) is 1.04.